The summed E-state index contributed by atoms with van der Waals surface area (Å²) in [5, 5.41) is 10.6. The molecule has 10 nitrogen and oxygen atoms in total. The van der Waals surface area contributed by atoms with E-state index in [4.69, 9.17) is 0 Å². The lowest BCUT2D eigenvalue weighted by Crippen LogP contribution is -2.48. The van der Waals surface area contributed by atoms with Crippen LogP contribution in [0.5, 0.6) is 5.75 Å². The number of aromatic hydroxyl groups is 1. The van der Waals surface area contributed by atoms with Crippen LogP contribution < -0.4 is 5.56 Å². The van der Waals surface area contributed by atoms with Crippen molar-refractivity contribution in [2.45, 2.75) is 39.3 Å². The van der Waals surface area contributed by atoms with Gasteiger partial charge in [0.25, 0.3) is 5.56 Å². The summed E-state index contributed by atoms with van der Waals surface area (Å²) in [6, 6.07) is 4.90. The number of ketones is 1. The molecule has 1 aliphatic rings. The molecule has 1 N–H and O–H groups in total. The number of benzene rings is 1. The number of aryl methyl sites for hydroxylation is 1. The lowest BCUT2D eigenvalue weighted by molar-refractivity contribution is -0.152. The average molecular weight is 516 g/mol. The first kappa shape index (κ1) is 28.0. The van der Waals surface area contributed by atoms with Crippen LogP contribution in [0.15, 0.2) is 29.1 Å². The lowest BCUT2D eigenvalue weighted by Gasteiger charge is -2.34. The molecule has 2 amide bonds. The Morgan fingerprint density at radius 3 is 2.38 bits per heavy atom. The Hall–Kier alpha value is -3.60. The summed E-state index contributed by atoms with van der Waals surface area (Å²) in [7, 11) is 4.80. The highest BCUT2D eigenvalue weighted by molar-refractivity contribution is 6.34. The standard InChI is InChI=1S/C26H34FN5O5/c1-16(2)14-32(26(37)25(36)29(3)4)19-15-30(5)12-13-31-23(19)28-21(22(34)24(31)35)20(33)11-8-17-6-9-18(27)10-7-17/h6-7,9-10,16,19,34H,8,11-15H2,1-5H3. The number of hydrogen-bond acceptors (Lipinski definition) is 7. The molecule has 0 radical (unpaired) electrons. The molecular weight excluding hydrogens is 481 g/mol. The maximum atomic E-state index is 13.3. The summed E-state index contributed by atoms with van der Waals surface area (Å²) in [5.41, 5.74) is -0.425. The van der Waals surface area contributed by atoms with E-state index in [9.17, 15) is 28.7 Å². The van der Waals surface area contributed by atoms with E-state index in [1.807, 2.05) is 25.8 Å². The van der Waals surface area contributed by atoms with E-state index in [1.54, 1.807) is 12.1 Å². The van der Waals surface area contributed by atoms with Crippen molar-refractivity contribution in [1.29, 1.82) is 0 Å². The van der Waals surface area contributed by atoms with E-state index in [1.165, 1.54) is 40.6 Å². The normalized spacial score (nSPS) is 15.7. The summed E-state index contributed by atoms with van der Waals surface area (Å²) < 4.78 is 14.5. The van der Waals surface area contributed by atoms with E-state index in [2.05, 4.69) is 4.98 Å². The van der Waals surface area contributed by atoms with Gasteiger partial charge in [0.1, 0.15) is 17.7 Å². The largest absolute Gasteiger partial charge is 0.501 e. The number of halogens is 1. The molecule has 2 heterocycles. The fourth-order valence-electron chi connectivity index (χ4n) is 4.29. The van der Waals surface area contributed by atoms with E-state index in [-0.39, 0.29) is 49.9 Å². The van der Waals surface area contributed by atoms with Crippen LogP contribution in [0.1, 0.15) is 48.2 Å². The molecule has 200 valence electrons. The first-order valence-electron chi connectivity index (χ1n) is 12.2. The van der Waals surface area contributed by atoms with E-state index in [0.717, 1.165) is 5.56 Å². The number of carbonyl (C=O) groups excluding carboxylic acids is 3. The molecular formula is C26H34FN5O5. The quantitative estimate of drug-likeness (QED) is 0.438. The number of amides is 2. The van der Waals surface area contributed by atoms with Crippen molar-refractivity contribution in [1.82, 2.24) is 24.3 Å². The second-order valence-corrected chi connectivity index (χ2v) is 10.0. The number of aromatic nitrogens is 2. The number of fused-ring (bicyclic) bond motifs is 1. The molecule has 1 atom stereocenters. The van der Waals surface area contributed by atoms with Crippen molar-refractivity contribution < 1.29 is 23.9 Å². The number of likely N-dealkylation sites (N-methyl/N-ethyl adjacent to an activating group) is 2. The molecule has 0 saturated heterocycles. The molecule has 0 saturated carbocycles. The first-order chi connectivity index (χ1) is 17.4. The Labute approximate surface area is 215 Å². The Morgan fingerprint density at radius 1 is 1.14 bits per heavy atom. The van der Waals surface area contributed by atoms with E-state index < -0.39 is 40.8 Å². The van der Waals surface area contributed by atoms with Gasteiger partial charge in [-0.2, -0.15) is 0 Å². The van der Waals surface area contributed by atoms with Gasteiger partial charge < -0.3 is 19.8 Å². The molecule has 0 aliphatic carbocycles. The van der Waals surface area contributed by atoms with Gasteiger partial charge in [0.05, 0.1) is 0 Å². The third-order valence-corrected chi connectivity index (χ3v) is 6.27. The Morgan fingerprint density at radius 2 is 1.78 bits per heavy atom. The molecule has 1 unspecified atom stereocenters. The Bertz CT molecular complexity index is 1230. The molecule has 11 heteroatoms. The van der Waals surface area contributed by atoms with Crippen LogP contribution in [0.25, 0.3) is 0 Å². The number of nitrogens with zero attached hydrogens (tertiary/aromatic N) is 5. The predicted octanol–water partition coefficient (Wildman–Crippen LogP) is 1.46. The van der Waals surface area contributed by atoms with Gasteiger partial charge in [-0.25, -0.2) is 9.37 Å². The van der Waals surface area contributed by atoms with Gasteiger partial charge in [-0.1, -0.05) is 26.0 Å². The third-order valence-electron chi connectivity index (χ3n) is 6.27. The fraction of sp³-hybridized carbons (Fsp3) is 0.500. The topological polar surface area (TPSA) is 116 Å². The molecule has 1 aliphatic heterocycles. The predicted molar refractivity (Wildman–Crippen MR) is 135 cm³/mol. The zero-order valence-electron chi connectivity index (χ0n) is 21.9. The van der Waals surface area contributed by atoms with E-state index in [0.29, 0.717) is 6.54 Å². The van der Waals surface area contributed by atoms with Crippen LogP contribution in [-0.2, 0) is 22.6 Å². The number of hydrogen-bond donors (Lipinski definition) is 1. The van der Waals surface area contributed by atoms with Crippen molar-refractivity contribution in [2.75, 3.05) is 40.8 Å². The zero-order chi connectivity index (χ0) is 27.4. The van der Waals surface area contributed by atoms with Gasteiger partial charge in [0.2, 0.25) is 5.75 Å². The van der Waals surface area contributed by atoms with E-state index >= 15 is 0 Å². The molecule has 37 heavy (non-hydrogen) atoms. The van der Waals surface area contributed by atoms with Crippen molar-refractivity contribution in [3.05, 3.63) is 57.5 Å². The van der Waals surface area contributed by atoms with Crippen LogP contribution in [-0.4, -0.2) is 87.7 Å². The second-order valence-electron chi connectivity index (χ2n) is 10.0. The van der Waals surface area contributed by atoms with Crippen LogP contribution in [0, 0.1) is 11.7 Å². The minimum Gasteiger partial charge on any atom is -0.501 e. The molecule has 1 aromatic heterocycles. The highest BCUT2D eigenvalue weighted by atomic mass is 19.1. The molecule has 0 bridgehead atoms. The van der Waals surface area contributed by atoms with Crippen LogP contribution >= 0.6 is 0 Å². The number of carbonyl (C=O) groups is 3. The fourth-order valence-corrected chi connectivity index (χ4v) is 4.29. The monoisotopic (exact) mass is 515 g/mol. The Kier molecular flexibility index (Phi) is 8.80. The van der Waals surface area contributed by atoms with Gasteiger partial charge in [-0.05, 0) is 37.1 Å². The summed E-state index contributed by atoms with van der Waals surface area (Å²) in [6.45, 7) is 4.94. The first-order valence-corrected chi connectivity index (χ1v) is 12.2. The molecule has 0 fully saturated rings. The maximum absolute atomic E-state index is 13.3. The third kappa shape index (κ3) is 6.40. The van der Waals surface area contributed by atoms with Crippen molar-refractivity contribution in [3.8, 4) is 5.75 Å². The van der Waals surface area contributed by atoms with Crippen LogP contribution in [0.2, 0.25) is 0 Å². The molecule has 2 aromatic rings. The van der Waals surface area contributed by atoms with Gasteiger partial charge in [-0.15, -0.1) is 0 Å². The highest BCUT2D eigenvalue weighted by Gasteiger charge is 2.37. The SMILES string of the molecule is CC(C)CN(C(=O)C(=O)N(C)C)C1CN(C)CCn2c1nc(C(=O)CCc1ccc(F)cc1)c(O)c2=O. The summed E-state index contributed by atoms with van der Waals surface area (Å²) >= 11 is 0. The van der Waals surface area contributed by atoms with Crippen LogP contribution in [0.3, 0.4) is 0 Å². The maximum Gasteiger partial charge on any atom is 0.312 e. The van der Waals surface area contributed by atoms with Gasteiger partial charge >= 0.3 is 11.8 Å². The lowest BCUT2D eigenvalue weighted by atomic mass is 10.0. The average Bonchev–Trinajstić information content (AvgIpc) is 3.01. The molecule has 1 aromatic carbocycles. The van der Waals surface area contributed by atoms with Crippen molar-refractivity contribution in [3.63, 3.8) is 0 Å². The number of Topliss-reactive ketones (excluding diaryl/α,β-unsaturated/α-hetero) is 1. The van der Waals surface area contributed by atoms with Gasteiger partial charge in [0.15, 0.2) is 11.5 Å². The highest BCUT2D eigenvalue weighted by Crippen LogP contribution is 2.26. The molecule has 3 rings (SSSR count). The van der Waals surface area contributed by atoms with Crippen molar-refractivity contribution in [2.24, 2.45) is 5.92 Å². The molecule has 0 spiro atoms. The summed E-state index contributed by atoms with van der Waals surface area (Å²) in [5.74, 6) is -2.99. The minimum absolute atomic E-state index is 0.00145. The van der Waals surface area contributed by atoms with Crippen LogP contribution in [0.4, 0.5) is 4.39 Å². The second kappa shape index (κ2) is 11.6. The van der Waals surface area contributed by atoms with Gasteiger partial charge in [-0.3, -0.25) is 23.7 Å². The van der Waals surface area contributed by atoms with Crippen molar-refractivity contribution >= 4 is 17.6 Å². The summed E-state index contributed by atoms with van der Waals surface area (Å²) in [4.78, 5) is 61.1. The Balaban J connectivity index is 2.05. The summed E-state index contributed by atoms with van der Waals surface area (Å²) in [6.07, 6.45) is 0.202. The zero-order valence-corrected chi connectivity index (χ0v) is 21.9. The van der Waals surface area contributed by atoms with Gasteiger partial charge in [0, 0.05) is 46.7 Å². The number of rotatable bonds is 7. The smallest absolute Gasteiger partial charge is 0.312 e. The minimum atomic E-state index is -0.803.